The molecular formula is C15H29Cl2N3OS. The minimum absolute atomic E-state index is 0. The Morgan fingerprint density at radius 2 is 2.18 bits per heavy atom. The smallest absolute Gasteiger partial charge is 0.122 e. The number of thiazole rings is 1. The van der Waals surface area contributed by atoms with Gasteiger partial charge in [-0.1, -0.05) is 13.8 Å². The number of hydrogen-bond acceptors (Lipinski definition) is 5. The Hall–Kier alpha value is 0.0900. The first-order valence-corrected chi connectivity index (χ1v) is 8.34. The summed E-state index contributed by atoms with van der Waals surface area (Å²) in [6, 6.07) is 0.308. The zero-order chi connectivity index (χ0) is 14.8. The van der Waals surface area contributed by atoms with Crippen LogP contribution in [0.3, 0.4) is 0 Å². The van der Waals surface area contributed by atoms with Gasteiger partial charge in [0.05, 0.1) is 5.69 Å². The second-order valence-electron chi connectivity index (χ2n) is 6.37. The van der Waals surface area contributed by atoms with Crippen molar-refractivity contribution in [2.45, 2.75) is 52.8 Å². The van der Waals surface area contributed by atoms with E-state index in [0.29, 0.717) is 6.04 Å². The topological polar surface area (TPSA) is 51.4 Å². The maximum Gasteiger partial charge on any atom is 0.122 e. The van der Waals surface area contributed by atoms with E-state index in [4.69, 9.17) is 15.5 Å². The van der Waals surface area contributed by atoms with Crippen LogP contribution in [0.1, 0.15) is 50.9 Å². The second kappa shape index (κ2) is 9.40. The van der Waals surface area contributed by atoms with E-state index >= 15 is 0 Å². The van der Waals surface area contributed by atoms with Gasteiger partial charge in [0.15, 0.2) is 0 Å². The van der Waals surface area contributed by atoms with Gasteiger partial charge in [-0.25, -0.2) is 4.98 Å². The molecule has 0 saturated carbocycles. The molecule has 2 atom stereocenters. The molecular weight excluding hydrogens is 341 g/mol. The minimum atomic E-state index is 0. The summed E-state index contributed by atoms with van der Waals surface area (Å²) in [5.74, 6) is 0. The third-order valence-corrected chi connectivity index (χ3v) is 5.17. The average molecular weight is 370 g/mol. The Bertz CT molecular complexity index is 442. The summed E-state index contributed by atoms with van der Waals surface area (Å²) in [5.41, 5.74) is 7.53. The van der Waals surface area contributed by atoms with Crippen LogP contribution in [0.15, 0.2) is 5.38 Å². The summed E-state index contributed by atoms with van der Waals surface area (Å²) < 4.78 is 5.60. The Morgan fingerprint density at radius 1 is 1.50 bits per heavy atom. The third kappa shape index (κ3) is 5.62. The third-order valence-electron chi connectivity index (χ3n) is 4.11. The van der Waals surface area contributed by atoms with Gasteiger partial charge in [0.2, 0.25) is 0 Å². The summed E-state index contributed by atoms with van der Waals surface area (Å²) >= 11 is 1.70. The zero-order valence-electron chi connectivity index (χ0n) is 13.9. The van der Waals surface area contributed by atoms with Crippen LogP contribution in [0, 0.1) is 5.41 Å². The normalized spacial score (nSPS) is 22.5. The average Bonchev–Trinajstić information content (AvgIpc) is 2.82. The molecule has 1 saturated heterocycles. The summed E-state index contributed by atoms with van der Waals surface area (Å²) in [4.78, 5) is 7.18. The van der Waals surface area contributed by atoms with Crippen LogP contribution < -0.4 is 5.73 Å². The number of likely N-dealkylation sites (tertiary alicyclic amines) is 1. The largest absolute Gasteiger partial charge is 0.372 e. The number of hydrogen-bond donors (Lipinski definition) is 1. The van der Waals surface area contributed by atoms with E-state index < -0.39 is 0 Å². The van der Waals surface area contributed by atoms with Gasteiger partial charge in [-0.3, -0.25) is 4.90 Å². The van der Waals surface area contributed by atoms with Crippen molar-refractivity contribution >= 4 is 36.2 Å². The summed E-state index contributed by atoms with van der Waals surface area (Å²) in [6.45, 7) is 12.4. The maximum atomic E-state index is 6.19. The highest BCUT2D eigenvalue weighted by Gasteiger charge is 2.33. The first-order chi connectivity index (χ1) is 9.42. The number of ether oxygens (including phenoxy) is 1. The fourth-order valence-electron chi connectivity index (χ4n) is 2.75. The van der Waals surface area contributed by atoms with Gasteiger partial charge in [0.1, 0.15) is 11.1 Å². The predicted molar refractivity (Wildman–Crippen MR) is 98.3 cm³/mol. The monoisotopic (exact) mass is 369 g/mol. The van der Waals surface area contributed by atoms with E-state index in [2.05, 4.69) is 31.1 Å². The molecule has 1 fully saturated rings. The van der Waals surface area contributed by atoms with E-state index in [-0.39, 0.29) is 36.3 Å². The van der Waals surface area contributed by atoms with E-state index in [0.717, 1.165) is 43.4 Å². The Morgan fingerprint density at radius 3 is 2.77 bits per heavy atom. The molecule has 1 aliphatic heterocycles. The molecule has 7 heteroatoms. The van der Waals surface area contributed by atoms with Crippen molar-refractivity contribution in [2.24, 2.45) is 11.1 Å². The van der Waals surface area contributed by atoms with Crippen LogP contribution in [0.25, 0.3) is 0 Å². The van der Waals surface area contributed by atoms with E-state index in [1.165, 1.54) is 0 Å². The van der Waals surface area contributed by atoms with Crippen molar-refractivity contribution in [3.63, 3.8) is 0 Å². The molecule has 2 heterocycles. The standard InChI is InChI=1S/C15H27N3OS.2ClH/c1-5-19-11(2)14-17-12(9-20-14)8-18-7-6-13(16)15(3,4)10-18;;/h9,11,13H,5-8,10,16H2,1-4H3;2*1H. The molecule has 0 bridgehead atoms. The lowest BCUT2D eigenvalue weighted by molar-refractivity contribution is 0.0751. The second-order valence-corrected chi connectivity index (χ2v) is 7.26. The molecule has 1 aromatic heterocycles. The van der Waals surface area contributed by atoms with Crippen molar-refractivity contribution in [1.29, 1.82) is 0 Å². The molecule has 2 rings (SSSR count). The van der Waals surface area contributed by atoms with Crippen molar-refractivity contribution < 1.29 is 4.74 Å². The van der Waals surface area contributed by atoms with Gasteiger partial charge in [-0.2, -0.15) is 0 Å². The van der Waals surface area contributed by atoms with Crippen LogP contribution in [-0.4, -0.2) is 35.6 Å². The van der Waals surface area contributed by atoms with Gasteiger partial charge in [0, 0.05) is 37.7 Å². The number of aromatic nitrogens is 1. The highest BCUT2D eigenvalue weighted by atomic mass is 35.5. The van der Waals surface area contributed by atoms with Crippen molar-refractivity contribution in [1.82, 2.24) is 9.88 Å². The van der Waals surface area contributed by atoms with Gasteiger partial charge >= 0.3 is 0 Å². The molecule has 0 amide bonds. The predicted octanol–water partition coefficient (Wildman–Crippen LogP) is 3.64. The Kier molecular flexibility index (Phi) is 9.44. The van der Waals surface area contributed by atoms with Crippen LogP contribution in [-0.2, 0) is 11.3 Å². The first-order valence-electron chi connectivity index (χ1n) is 7.46. The summed E-state index contributed by atoms with van der Waals surface area (Å²) in [6.07, 6.45) is 1.17. The number of piperidine rings is 1. The number of nitrogens with zero attached hydrogens (tertiary/aromatic N) is 2. The lowest BCUT2D eigenvalue weighted by Crippen LogP contribution is -2.52. The lowest BCUT2D eigenvalue weighted by atomic mass is 9.80. The van der Waals surface area contributed by atoms with Gasteiger partial charge in [-0.05, 0) is 25.7 Å². The van der Waals surface area contributed by atoms with Crippen LogP contribution in [0.5, 0.6) is 0 Å². The SMILES string of the molecule is CCOC(C)c1nc(CN2CCC(N)C(C)(C)C2)cs1.Cl.Cl. The molecule has 0 aliphatic carbocycles. The Labute approximate surface area is 150 Å². The molecule has 0 radical (unpaired) electrons. The van der Waals surface area contributed by atoms with Gasteiger partial charge in [-0.15, -0.1) is 36.2 Å². The highest BCUT2D eigenvalue weighted by Crippen LogP contribution is 2.29. The van der Waals surface area contributed by atoms with E-state index in [9.17, 15) is 0 Å². The quantitative estimate of drug-likeness (QED) is 0.860. The van der Waals surface area contributed by atoms with Gasteiger partial charge in [0.25, 0.3) is 0 Å². The first kappa shape index (κ1) is 22.1. The molecule has 130 valence electrons. The maximum absolute atomic E-state index is 6.19. The minimum Gasteiger partial charge on any atom is -0.372 e. The zero-order valence-corrected chi connectivity index (χ0v) is 16.3. The fraction of sp³-hybridized carbons (Fsp3) is 0.800. The van der Waals surface area contributed by atoms with Crippen LogP contribution >= 0.6 is 36.2 Å². The molecule has 22 heavy (non-hydrogen) atoms. The lowest BCUT2D eigenvalue weighted by Gasteiger charge is -2.42. The number of halogens is 2. The molecule has 4 nitrogen and oxygen atoms in total. The highest BCUT2D eigenvalue weighted by molar-refractivity contribution is 7.09. The van der Waals surface area contributed by atoms with Gasteiger partial charge < -0.3 is 10.5 Å². The molecule has 1 aromatic rings. The van der Waals surface area contributed by atoms with Crippen molar-refractivity contribution in [2.75, 3.05) is 19.7 Å². The molecule has 0 aromatic carbocycles. The molecule has 2 N–H and O–H groups in total. The number of nitrogens with two attached hydrogens (primary N) is 1. The summed E-state index contributed by atoms with van der Waals surface area (Å²) in [7, 11) is 0. The molecule has 0 spiro atoms. The van der Waals surface area contributed by atoms with Crippen LogP contribution in [0.4, 0.5) is 0 Å². The van der Waals surface area contributed by atoms with Crippen molar-refractivity contribution in [3.8, 4) is 0 Å². The van der Waals surface area contributed by atoms with Crippen LogP contribution in [0.2, 0.25) is 0 Å². The van der Waals surface area contributed by atoms with E-state index in [1.807, 2.05) is 6.92 Å². The Balaban J connectivity index is 0.00000220. The fourth-order valence-corrected chi connectivity index (χ4v) is 3.57. The van der Waals surface area contributed by atoms with E-state index in [1.54, 1.807) is 11.3 Å². The summed E-state index contributed by atoms with van der Waals surface area (Å²) in [5, 5.41) is 3.24. The molecule has 1 aliphatic rings. The van der Waals surface area contributed by atoms with Crippen molar-refractivity contribution in [3.05, 3.63) is 16.1 Å². The molecule has 2 unspecified atom stereocenters. The number of rotatable bonds is 5.